The summed E-state index contributed by atoms with van der Waals surface area (Å²) in [6.45, 7) is 7.76. The van der Waals surface area contributed by atoms with E-state index in [1.165, 1.54) is 0 Å². The molecule has 0 saturated carbocycles. The largest absolute Gasteiger partial charge is 0.394 e. The second-order valence-electron chi connectivity index (χ2n) is 6.55. The van der Waals surface area contributed by atoms with Crippen LogP contribution in [0, 0.1) is 0 Å². The predicted octanol–water partition coefficient (Wildman–Crippen LogP) is 1.75. The molecular formula is C17H25N3O4. The number of aromatic nitrogens is 3. The van der Waals surface area contributed by atoms with Gasteiger partial charge >= 0.3 is 0 Å². The topological polar surface area (TPSA) is 78.1 Å². The van der Waals surface area contributed by atoms with Crippen molar-refractivity contribution < 1.29 is 19.3 Å². The zero-order valence-corrected chi connectivity index (χ0v) is 14.5. The summed E-state index contributed by atoms with van der Waals surface area (Å²) in [5, 5.41) is 14.1. The van der Waals surface area contributed by atoms with E-state index in [1.807, 2.05) is 39.8 Å². The summed E-state index contributed by atoms with van der Waals surface area (Å²) in [6.07, 6.45) is 1.93. The second-order valence-corrected chi connectivity index (χ2v) is 6.55. The van der Waals surface area contributed by atoms with E-state index in [0.717, 1.165) is 11.3 Å². The molecule has 0 unspecified atom stereocenters. The molecule has 1 fully saturated rings. The summed E-state index contributed by atoms with van der Waals surface area (Å²) in [6, 6.07) is 3.70. The molecule has 24 heavy (non-hydrogen) atoms. The molecule has 4 atom stereocenters. The van der Waals surface area contributed by atoms with Gasteiger partial charge in [-0.05, 0) is 33.8 Å². The van der Waals surface area contributed by atoms with Crippen LogP contribution in [0.1, 0.15) is 39.5 Å². The van der Waals surface area contributed by atoms with Crippen molar-refractivity contribution in [3.05, 3.63) is 30.2 Å². The Kier molecular flexibility index (Phi) is 5.15. The molecule has 3 rings (SSSR count). The molecule has 1 saturated heterocycles. The molecule has 7 heteroatoms. The van der Waals surface area contributed by atoms with Gasteiger partial charge in [-0.25, -0.2) is 9.50 Å². The predicted molar refractivity (Wildman–Crippen MR) is 87.7 cm³/mol. The van der Waals surface area contributed by atoms with E-state index in [9.17, 15) is 5.11 Å². The Hall–Kier alpha value is -1.54. The van der Waals surface area contributed by atoms with Crippen LogP contribution in [0.5, 0.6) is 0 Å². The van der Waals surface area contributed by atoms with E-state index in [0.29, 0.717) is 0 Å². The number of fused-ring (bicyclic) bond motifs is 1. The summed E-state index contributed by atoms with van der Waals surface area (Å²) in [5.74, 6) is 0. The Labute approximate surface area is 141 Å². The molecule has 0 spiro atoms. The van der Waals surface area contributed by atoms with E-state index < -0.39 is 12.2 Å². The molecule has 0 amide bonds. The van der Waals surface area contributed by atoms with Crippen LogP contribution in [-0.2, 0) is 14.2 Å². The van der Waals surface area contributed by atoms with Gasteiger partial charge in [-0.3, -0.25) is 0 Å². The van der Waals surface area contributed by atoms with Crippen LogP contribution >= 0.6 is 0 Å². The SMILES string of the molecule is CC(C)O[C@@H]1[C@H](OC(C)C)[C@@H](CO)O[C@H]1c1ccnc2ccnn12. The number of hydrogen-bond donors (Lipinski definition) is 1. The fourth-order valence-corrected chi connectivity index (χ4v) is 3.12. The number of hydrogen-bond acceptors (Lipinski definition) is 6. The lowest BCUT2D eigenvalue weighted by Gasteiger charge is -2.27. The molecule has 0 aromatic carbocycles. The molecule has 3 heterocycles. The lowest BCUT2D eigenvalue weighted by atomic mass is 10.0. The standard InChI is InChI=1S/C17H25N3O4/c1-10(2)22-16-13(9-21)24-15(17(16)23-11(3)4)12-5-7-18-14-6-8-19-20(12)14/h5-8,10-11,13,15-17,21H,9H2,1-4H3/t13-,15+,16-,17+/m1/s1. The van der Waals surface area contributed by atoms with Crippen LogP contribution in [0.15, 0.2) is 24.5 Å². The van der Waals surface area contributed by atoms with Gasteiger partial charge in [-0.1, -0.05) is 0 Å². The number of ether oxygens (including phenoxy) is 3. The molecular weight excluding hydrogens is 310 g/mol. The average Bonchev–Trinajstić information content (AvgIpc) is 3.12. The summed E-state index contributed by atoms with van der Waals surface area (Å²) in [7, 11) is 0. The van der Waals surface area contributed by atoms with Crippen molar-refractivity contribution in [2.24, 2.45) is 0 Å². The van der Waals surface area contributed by atoms with Crippen LogP contribution < -0.4 is 0 Å². The van der Waals surface area contributed by atoms with Crippen molar-refractivity contribution in [2.75, 3.05) is 6.61 Å². The van der Waals surface area contributed by atoms with Crippen LogP contribution in [0.25, 0.3) is 5.65 Å². The fraction of sp³-hybridized carbons (Fsp3) is 0.647. The van der Waals surface area contributed by atoms with Gasteiger partial charge in [0.05, 0.1) is 30.7 Å². The van der Waals surface area contributed by atoms with Gasteiger partial charge in [0.25, 0.3) is 0 Å². The molecule has 132 valence electrons. The smallest absolute Gasteiger partial charge is 0.155 e. The highest BCUT2D eigenvalue weighted by Gasteiger charge is 2.48. The van der Waals surface area contributed by atoms with Gasteiger partial charge in [0.2, 0.25) is 0 Å². The normalized spacial score (nSPS) is 27.6. The first kappa shape index (κ1) is 17.3. The monoisotopic (exact) mass is 335 g/mol. The van der Waals surface area contributed by atoms with E-state index in [2.05, 4.69) is 10.1 Å². The summed E-state index contributed by atoms with van der Waals surface area (Å²) < 4.78 is 20.0. The quantitative estimate of drug-likeness (QED) is 0.866. The Bertz CT molecular complexity index is 673. The molecule has 0 aliphatic carbocycles. The molecule has 2 aromatic rings. The van der Waals surface area contributed by atoms with Crippen molar-refractivity contribution >= 4 is 5.65 Å². The summed E-state index contributed by atoms with van der Waals surface area (Å²) in [4.78, 5) is 4.29. The third-order valence-corrected chi connectivity index (χ3v) is 3.96. The molecule has 1 N–H and O–H groups in total. The first-order valence-electron chi connectivity index (χ1n) is 8.37. The van der Waals surface area contributed by atoms with Crippen molar-refractivity contribution in [1.29, 1.82) is 0 Å². The van der Waals surface area contributed by atoms with Gasteiger partial charge in [-0.15, -0.1) is 0 Å². The molecule has 7 nitrogen and oxygen atoms in total. The minimum Gasteiger partial charge on any atom is -0.394 e. The van der Waals surface area contributed by atoms with Gasteiger partial charge in [-0.2, -0.15) is 5.10 Å². The summed E-state index contributed by atoms with van der Waals surface area (Å²) >= 11 is 0. The Morgan fingerprint density at radius 2 is 1.83 bits per heavy atom. The highest BCUT2D eigenvalue weighted by atomic mass is 16.6. The first-order valence-corrected chi connectivity index (χ1v) is 8.37. The zero-order chi connectivity index (χ0) is 17.3. The van der Waals surface area contributed by atoms with Crippen molar-refractivity contribution in [2.45, 2.75) is 64.3 Å². The average molecular weight is 335 g/mol. The lowest BCUT2D eigenvalue weighted by Crippen LogP contribution is -2.40. The van der Waals surface area contributed by atoms with Crippen LogP contribution in [-0.4, -0.2) is 56.8 Å². The minimum atomic E-state index is -0.445. The number of aliphatic hydroxyl groups excluding tert-OH is 1. The molecule has 0 bridgehead atoms. The third kappa shape index (κ3) is 3.30. The van der Waals surface area contributed by atoms with Crippen LogP contribution in [0.3, 0.4) is 0 Å². The fourth-order valence-electron chi connectivity index (χ4n) is 3.12. The van der Waals surface area contributed by atoms with Gasteiger partial charge in [0, 0.05) is 12.3 Å². The van der Waals surface area contributed by atoms with E-state index in [1.54, 1.807) is 16.9 Å². The second kappa shape index (κ2) is 7.14. The van der Waals surface area contributed by atoms with Crippen molar-refractivity contribution in [3.8, 4) is 0 Å². The van der Waals surface area contributed by atoms with Crippen molar-refractivity contribution in [1.82, 2.24) is 14.6 Å². The Morgan fingerprint density at radius 3 is 2.50 bits per heavy atom. The molecule has 1 aliphatic rings. The van der Waals surface area contributed by atoms with Gasteiger partial charge < -0.3 is 19.3 Å². The number of rotatable bonds is 6. The van der Waals surface area contributed by atoms with Crippen molar-refractivity contribution in [3.63, 3.8) is 0 Å². The van der Waals surface area contributed by atoms with Crippen LogP contribution in [0.2, 0.25) is 0 Å². The lowest BCUT2D eigenvalue weighted by molar-refractivity contribution is -0.107. The van der Waals surface area contributed by atoms with E-state index >= 15 is 0 Å². The van der Waals surface area contributed by atoms with Gasteiger partial charge in [0.15, 0.2) is 5.65 Å². The van der Waals surface area contributed by atoms with E-state index in [-0.39, 0.29) is 31.0 Å². The maximum atomic E-state index is 9.74. The highest BCUT2D eigenvalue weighted by molar-refractivity contribution is 5.37. The molecule has 2 aromatic heterocycles. The highest BCUT2D eigenvalue weighted by Crippen LogP contribution is 2.38. The Morgan fingerprint density at radius 1 is 1.12 bits per heavy atom. The number of nitrogens with zero attached hydrogens (tertiary/aromatic N) is 3. The third-order valence-electron chi connectivity index (χ3n) is 3.96. The maximum Gasteiger partial charge on any atom is 0.155 e. The van der Waals surface area contributed by atoms with Gasteiger partial charge in [0.1, 0.15) is 24.4 Å². The molecule has 1 aliphatic heterocycles. The Balaban J connectivity index is 1.99. The summed E-state index contributed by atoms with van der Waals surface area (Å²) in [5.41, 5.74) is 1.58. The minimum absolute atomic E-state index is 0.00625. The maximum absolute atomic E-state index is 9.74. The zero-order valence-electron chi connectivity index (χ0n) is 14.5. The van der Waals surface area contributed by atoms with Crippen LogP contribution in [0.4, 0.5) is 0 Å². The van der Waals surface area contributed by atoms with E-state index in [4.69, 9.17) is 14.2 Å². The number of aliphatic hydroxyl groups is 1. The molecule has 0 radical (unpaired) electrons. The first-order chi connectivity index (χ1) is 11.5.